The monoisotopic (exact) mass is 334 g/mol. The number of hydrazine groups is 1. The van der Waals surface area contributed by atoms with Gasteiger partial charge in [0.2, 0.25) is 0 Å². The average molecular weight is 335 g/mol. The minimum Gasteiger partial charge on any atom is -0.507 e. The highest BCUT2D eigenvalue weighted by Gasteiger charge is 2.17. The second-order valence-electron chi connectivity index (χ2n) is 4.68. The molecule has 3 N–H and O–H groups in total. The van der Waals surface area contributed by atoms with Crippen molar-refractivity contribution in [1.82, 2.24) is 10.9 Å². The molecule has 2 aromatic carbocycles. The van der Waals surface area contributed by atoms with E-state index in [-0.39, 0.29) is 11.3 Å². The third-order valence-electron chi connectivity index (χ3n) is 2.93. The first-order chi connectivity index (χ1) is 11.0. The number of nitrogens with one attached hydrogen (secondary N) is 2. The molecule has 0 spiro atoms. The van der Waals surface area contributed by atoms with Crippen LogP contribution in [0.5, 0.6) is 11.5 Å². The van der Waals surface area contributed by atoms with Gasteiger partial charge in [-0.05, 0) is 37.3 Å². The fourth-order valence-corrected chi connectivity index (χ4v) is 1.93. The highest BCUT2D eigenvalue weighted by atomic mass is 35.5. The predicted octanol–water partition coefficient (Wildman–Crippen LogP) is 2.27. The van der Waals surface area contributed by atoms with Crippen LogP contribution in [0.1, 0.15) is 17.3 Å². The number of rotatable bonds is 4. The molecule has 120 valence electrons. The third kappa shape index (κ3) is 4.62. The lowest BCUT2D eigenvalue weighted by Crippen LogP contribution is -2.47. The molecule has 0 aromatic heterocycles. The summed E-state index contributed by atoms with van der Waals surface area (Å²) >= 11 is 5.83. The van der Waals surface area contributed by atoms with Gasteiger partial charge in [0.25, 0.3) is 11.8 Å². The molecule has 0 radical (unpaired) electrons. The Morgan fingerprint density at radius 2 is 1.87 bits per heavy atom. The largest absolute Gasteiger partial charge is 0.507 e. The van der Waals surface area contributed by atoms with Gasteiger partial charge in [-0.3, -0.25) is 20.4 Å². The zero-order valence-electron chi connectivity index (χ0n) is 12.2. The Kier molecular flexibility index (Phi) is 5.43. The molecule has 0 saturated heterocycles. The Morgan fingerprint density at radius 3 is 2.57 bits per heavy atom. The fraction of sp³-hybridized carbons (Fsp3) is 0.125. The van der Waals surface area contributed by atoms with E-state index in [2.05, 4.69) is 10.9 Å². The van der Waals surface area contributed by atoms with Crippen molar-refractivity contribution in [3.05, 3.63) is 59.1 Å². The molecule has 2 rings (SSSR count). The molecule has 1 atom stereocenters. The summed E-state index contributed by atoms with van der Waals surface area (Å²) in [5.41, 5.74) is 4.50. The van der Waals surface area contributed by atoms with E-state index in [1.54, 1.807) is 36.4 Å². The number of carbonyl (C=O) groups is 2. The SMILES string of the molecule is C[C@@H](Oc1cccc(Cl)c1)C(=O)NNC(=O)c1ccccc1O. The standard InChI is InChI=1S/C16H15ClN2O4/c1-10(23-12-6-4-5-11(17)9-12)15(21)18-19-16(22)13-7-2-3-8-14(13)20/h2-10,20H,1H3,(H,18,21)(H,19,22)/t10-/m1/s1. The van der Waals surface area contributed by atoms with E-state index in [9.17, 15) is 14.7 Å². The summed E-state index contributed by atoms with van der Waals surface area (Å²) < 4.78 is 5.42. The van der Waals surface area contributed by atoms with E-state index in [0.29, 0.717) is 10.8 Å². The van der Waals surface area contributed by atoms with Gasteiger partial charge in [0.15, 0.2) is 6.10 Å². The van der Waals surface area contributed by atoms with Gasteiger partial charge in [0.1, 0.15) is 11.5 Å². The summed E-state index contributed by atoms with van der Waals surface area (Å²) in [7, 11) is 0. The van der Waals surface area contributed by atoms with Crippen LogP contribution in [-0.2, 0) is 4.79 Å². The maximum Gasteiger partial charge on any atom is 0.279 e. The van der Waals surface area contributed by atoms with Gasteiger partial charge < -0.3 is 9.84 Å². The van der Waals surface area contributed by atoms with Gasteiger partial charge in [0.05, 0.1) is 5.56 Å². The van der Waals surface area contributed by atoms with E-state index >= 15 is 0 Å². The van der Waals surface area contributed by atoms with Gasteiger partial charge in [-0.25, -0.2) is 0 Å². The third-order valence-corrected chi connectivity index (χ3v) is 3.16. The first-order valence-corrected chi connectivity index (χ1v) is 7.15. The second-order valence-corrected chi connectivity index (χ2v) is 5.11. The molecule has 23 heavy (non-hydrogen) atoms. The van der Waals surface area contributed by atoms with Crippen LogP contribution in [0.4, 0.5) is 0 Å². The number of ether oxygens (including phenoxy) is 1. The predicted molar refractivity (Wildman–Crippen MR) is 85.3 cm³/mol. The topological polar surface area (TPSA) is 87.7 Å². The van der Waals surface area contributed by atoms with Crippen molar-refractivity contribution in [3.8, 4) is 11.5 Å². The van der Waals surface area contributed by atoms with Crippen LogP contribution >= 0.6 is 11.6 Å². The van der Waals surface area contributed by atoms with Gasteiger partial charge in [-0.1, -0.05) is 29.8 Å². The van der Waals surface area contributed by atoms with Crippen molar-refractivity contribution < 1.29 is 19.4 Å². The second kappa shape index (κ2) is 7.51. The van der Waals surface area contributed by atoms with Gasteiger partial charge in [-0.15, -0.1) is 0 Å². The molecule has 0 saturated carbocycles. The number of amides is 2. The number of aromatic hydroxyl groups is 1. The van der Waals surface area contributed by atoms with Crippen LogP contribution in [0, 0.1) is 0 Å². The Labute approximate surface area is 138 Å². The Morgan fingerprint density at radius 1 is 1.13 bits per heavy atom. The van der Waals surface area contributed by atoms with Crippen molar-refractivity contribution >= 4 is 23.4 Å². The lowest BCUT2D eigenvalue weighted by molar-refractivity contribution is -0.128. The van der Waals surface area contributed by atoms with Crippen LogP contribution in [0.3, 0.4) is 0 Å². The number of para-hydroxylation sites is 1. The van der Waals surface area contributed by atoms with E-state index < -0.39 is 17.9 Å². The Hall–Kier alpha value is -2.73. The number of benzene rings is 2. The average Bonchev–Trinajstić information content (AvgIpc) is 2.52. The molecular formula is C16H15ClN2O4. The summed E-state index contributed by atoms with van der Waals surface area (Å²) in [4.78, 5) is 23.8. The molecule has 0 aliphatic heterocycles. The van der Waals surface area contributed by atoms with Gasteiger partial charge in [-0.2, -0.15) is 0 Å². The normalized spacial score (nSPS) is 11.4. The van der Waals surface area contributed by atoms with Crippen molar-refractivity contribution in [2.45, 2.75) is 13.0 Å². The Bertz CT molecular complexity index is 721. The summed E-state index contributed by atoms with van der Waals surface area (Å²) in [5, 5.41) is 10.1. The molecule has 6 nitrogen and oxygen atoms in total. The zero-order valence-corrected chi connectivity index (χ0v) is 13.0. The highest BCUT2D eigenvalue weighted by molar-refractivity contribution is 6.30. The molecule has 2 amide bonds. The van der Waals surface area contributed by atoms with Crippen molar-refractivity contribution in [3.63, 3.8) is 0 Å². The first kappa shape index (κ1) is 16.6. The minimum absolute atomic E-state index is 0.0520. The highest BCUT2D eigenvalue weighted by Crippen LogP contribution is 2.18. The minimum atomic E-state index is -0.849. The number of phenolic OH excluding ortho intramolecular Hbond substituents is 1. The molecule has 0 bridgehead atoms. The number of carbonyl (C=O) groups excluding carboxylic acids is 2. The molecule has 0 heterocycles. The molecule has 0 fully saturated rings. The van der Waals surface area contributed by atoms with Crippen LogP contribution in [0.15, 0.2) is 48.5 Å². The van der Waals surface area contributed by atoms with Crippen LogP contribution < -0.4 is 15.6 Å². The molecule has 0 aliphatic carbocycles. The molecule has 2 aromatic rings. The molecular weight excluding hydrogens is 320 g/mol. The first-order valence-electron chi connectivity index (χ1n) is 6.78. The quantitative estimate of drug-likeness (QED) is 0.748. The number of hydrogen-bond donors (Lipinski definition) is 3. The Balaban J connectivity index is 1.89. The maximum atomic E-state index is 11.9. The van der Waals surface area contributed by atoms with Crippen molar-refractivity contribution in [2.75, 3.05) is 0 Å². The summed E-state index contributed by atoms with van der Waals surface area (Å²) in [5.74, 6) is -0.921. The number of halogens is 1. The molecule has 7 heteroatoms. The maximum absolute atomic E-state index is 11.9. The van der Waals surface area contributed by atoms with Gasteiger partial charge >= 0.3 is 0 Å². The number of phenols is 1. The van der Waals surface area contributed by atoms with E-state index in [1.807, 2.05) is 0 Å². The van der Waals surface area contributed by atoms with Crippen LogP contribution in [0.2, 0.25) is 5.02 Å². The van der Waals surface area contributed by atoms with E-state index in [0.717, 1.165) is 0 Å². The van der Waals surface area contributed by atoms with E-state index in [1.165, 1.54) is 19.1 Å². The van der Waals surface area contributed by atoms with Crippen LogP contribution in [-0.4, -0.2) is 23.0 Å². The van der Waals surface area contributed by atoms with E-state index in [4.69, 9.17) is 16.3 Å². The lowest BCUT2D eigenvalue weighted by Gasteiger charge is -2.15. The zero-order chi connectivity index (χ0) is 16.8. The fourth-order valence-electron chi connectivity index (χ4n) is 1.75. The van der Waals surface area contributed by atoms with Crippen molar-refractivity contribution in [1.29, 1.82) is 0 Å². The van der Waals surface area contributed by atoms with Gasteiger partial charge in [0, 0.05) is 5.02 Å². The van der Waals surface area contributed by atoms with Crippen LogP contribution in [0.25, 0.3) is 0 Å². The molecule has 0 aliphatic rings. The summed E-state index contributed by atoms with van der Waals surface area (Å²) in [6.45, 7) is 1.53. The molecule has 0 unspecified atom stereocenters. The van der Waals surface area contributed by atoms with Crippen molar-refractivity contribution in [2.24, 2.45) is 0 Å². The lowest BCUT2D eigenvalue weighted by atomic mass is 10.2. The summed E-state index contributed by atoms with van der Waals surface area (Å²) in [6, 6.07) is 12.6. The smallest absolute Gasteiger partial charge is 0.279 e. The summed E-state index contributed by atoms with van der Waals surface area (Å²) in [6.07, 6.45) is -0.849. The number of hydrogen-bond acceptors (Lipinski definition) is 4.